The van der Waals surface area contributed by atoms with Gasteiger partial charge >= 0.3 is 0 Å². The zero-order chi connectivity index (χ0) is 10.8. The second-order valence-electron chi connectivity index (χ2n) is 3.97. The molecule has 2 rings (SSSR count). The van der Waals surface area contributed by atoms with Gasteiger partial charge in [0, 0.05) is 12.7 Å². The molecule has 0 radical (unpaired) electrons. The van der Waals surface area contributed by atoms with Crippen molar-refractivity contribution in [2.24, 2.45) is 5.92 Å². The summed E-state index contributed by atoms with van der Waals surface area (Å²) in [6, 6.07) is 3.88. The van der Waals surface area contributed by atoms with E-state index >= 15 is 0 Å². The van der Waals surface area contributed by atoms with E-state index < -0.39 is 0 Å². The first-order chi connectivity index (χ1) is 7.16. The van der Waals surface area contributed by atoms with Gasteiger partial charge in [0.05, 0.1) is 15.1 Å². The molecule has 2 aromatic rings. The lowest BCUT2D eigenvalue weighted by Crippen LogP contribution is -2.26. The van der Waals surface area contributed by atoms with Gasteiger partial charge in [0.1, 0.15) is 0 Å². The molecule has 15 heavy (non-hydrogen) atoms. The molecule has 0 unspecified atom stereocenters. The van der Waals surface area contributed by atoms with Gasteiger partial charge in [0.15, 0.2) is 0 Å². The van der Waals surface area contributed by atoms with Crippen molar-refractivity contribution in [2.45, 2.75) is 13.8 Å². The first-order valence-corrected chi connectivity index (χ1v) is 5.83. The summed E-state index contributed by atoms with van der Waals surface area (Å²) >= 11 is 1.52. The van der Waals surface area contributed by atoms with E-state index in [0.717, 1.165) is 21.6 Å². The highest BCUT2D eigenvalue weighted by Gasteiger charge is 2.10. The summed E-state index contributed by atoms with van der Waals surface area (Å²) in [6.45, 7) is 4.89. The molecule has 2 N–H and O–H groups in total. The van der Waals surface area contributed by atoms with Crippen molar-refractivity contribution >= 4 is 27.5 Å². The van der Waals surface area contributed by atoms with Gasteiger partial charge in [-0.1, -0.05) is 13.8 Å². The van der Waals surface area contributed by atoms with E-state index in [4.69, 9.17) is 0 Å². The molecule has 2 aromatic heterocycles. The van der Waals surface area contributed by atoms with Crippen LogP contribution >= 0.6 is 11.3 Å². The zero-order valence-electron chi connectivity index (χ0n) is 8.83. The van der Waals surface area contributed by atoms with Gasteiger partial charge in [-0.2, -0.15) is 0 Å². The van der Waals surface area contributed by atoms with E-state index in [0.29, 0.717) is 5.92 Å². The van der Waals surface area contributed by atoms with Crippen LogP contribution < -0.4 is 5.32 Å². The Hall–Kier alpha value is -1.29. The Bertz CT molecular complexity index is 441. The highest BCUT2D eigenvalue weighted by molar-refractivity contribution is 7.20. The minimum atomic E-state index is 0.0262. The molecule has 0 atom stereocenters. The second kappa shape index (κ2) is 4.06. The maximum absolute atomic E-state index is 11.7. The zero-order valence-corrected chi connectivity index (χ0v) is 9.65. The predicted molar refractivity (Wildman–Crippen MR) is 63.3 cm³/mol. The molecule has 3 nitrogen and oxygen atoms in total. The van der Waals surface area contributed by atoms with Gasteiger partial charge in [-0.25, -0.2) is 0 Å². The van der Waals surface area contributed by atoms with Crippen LogP contribution in [0.15, 0.2) is 18.3 Å². The number of hydrogen-bond donors (Lipinski definition) is 2. The molecule has 0 saturated heterocycles. The molecule has 0 bridgehead atoms. The summed E-state index contributed by atoms with van der Waals surface area (Å²) < 4.78 is 1.13. The summed E-state index contributed by atoms with van der Waals surface area (Å²) in [7, 11) is 0. The lowest BCUT2D eigenvalue weighted by Gasteiger charge is -2.05. The highest BCUT2D eigenvalue weighted by Crippen LogP contribution is 2.24. The van der Waals surface area contributed by atoms with E-state index in [1.807, 2.05) is 18.3 Å². The summed E-state index contributed by atoms with van der Waals surface area (Å²) in [6.07, 6.45) is 1.89. The molecule has 2 heterocycles. The average molecular weight is 222 g/mol. The predicted octanol–water partition coefficient (Wildman–Crippen LogP) is 2.62. The first kappa shape index (κ1) is 10.2. The topological polar surface area (TPSA) is 44.9 Å². The Morgan fingerprint density at radius 2 is 2.40 bits per heavy atom. The number of thiophene rings is 1. The first-order valence-electron chi connectivity index (χ1n) is 5.02. The van der Waals surface area contributed by atoms with Crippen LogP contribution in [0.1, 0.15) is 23.5 Å². The van der Waals surface area contributed by atoms with Crippen molar-refractivity contribution in [3.63, 3.8) is 0 Å². The quantitative estimate of drug-likeness (QED) is 0.823. The Morgan fingerprint density at radius 1 is 1.60 bits per heavy atom. The fraction of sp³-hybridized carbons (Fsp3) is 0.364. The molecule has 80 valence electrons. The minimum absolute atomic E-state index is 0.0262. The molecule has 0 saturated carbocycles. The van der Waals surface area contributed by atoms with Crippen molar-refractivity contribution in [3.8, 4) is 0 Å². The molecular weight excluding hydrogens is 208 g/mol. The highest BCUT2D eigenvalue weighted by atomic mass is 32.1. The molecule has 0 spiro atoms. The SMILES string of the molecule is CC(C)CNC(=O)c1cc2[nH]ccc2s1. The van der Waals surface area contributed by atoms with Gasteiger partial charge in [-0.15, -0.1) is 11.3 Å². The number of amides is 1. The van der Waals surface area contributed by atoms with Crippen LogP contribution in [0.4, 0.5) is 0 Å². The summed E-state index contributed by atoms with van der Waals surface area (Å²) in [5.41, 5.74) is 1.04. The summed E-state index contributed by atoms with van der Waals surface area (Å²) in [5.74, 6) is 0.511. The molecule has 0 fully saturated rings. The molecule has 1 amide bonds. The van der Waals surface area contributed by atoms with Gasteiger partial charge < -0.3 is 10.3 Å². The molecule has 0 aromatic carbocycles. The Kier molecular flexibility index (Phi) is 2.77. The normalized spacial score (nSPS) is 11.1. The Balaban J connectivity index is 2.10. The number of fused-ring (bicyclic) bond motifs is 1. The van der Waals surface area contributed by atoms with Crippen LogP contribution in [0.5, 0.6) is 0 Å². The van der Waals surface area contributed by atoms with Gasteiger partial charge in [-0.3, -0.25) is 4.79 Å². The molecule has 0 aliphatic heterocycles. The van der Waals surface area contributed by atoms with Crippen LogP contribution in [0, 0.1) is 5.92 Å². The van der Waals surface area contributed by atoms with E-state index in [-0.39, 0.29) is 5.91 Å². The molecular formula is C11H14N2OS. The summed E-state index contributed by atoms with van der Waals surface area (Å²) in [4.78, 5) is 15.6. The fourth-order valence-corrected chi connectivity index (χ4v) is 2.29. The third-order valence-corrected chi connectivity index (χ3v) is 3.23. The standard InChI is InChI=1S/C11H14N2OS/c1-7(2)6-13-11(14)10-5-8-9(15-10)3-4-12-8/h3-5,7,12H,6H2,1-2H3,(H,13,14). The lowest BCUT2D eigenvalue weighted by molar-refractivity contribution is 0.0953. The number of nitrogens with one attached hydrogen (secondary N) is 2. The lowest BCUT2D eigenvalue weighted by atomic mass is 10.2. The third kappa shape index (κ3) is 2.21. The summed E-state index contributed by atoms with van der Waals surface area (Å²) in [5, 5.41) is 2.91. The second-order valence-corrected chi connectivity index (χ2v) is 5.05. The van der Waals surface area contributed by atoms with Crippen LogP contribution in [0.25, 0.3) is 10.2 Å². The van der Waals surface area contributed by atoms with E-state index in [1.54, 1.807) is 0 Å². The Morgan fingerprint density at radius 3 is 3.07 bits per heavy atom. The van der Waals surface area contributed by atoms with E-state index in [2.05, 4.69) is 24.1 Å². The van der Waals surface area contributed by atoms with Crippen molar-refractivity contribution in [1.29, 1.82) is 0 Å². The average Bonchev–Trinajstić information content (AvgIpc) is 2.72. The Labute approximate surface area is 92.5 Å². The maximum atomic E-state index is 11.7. The van der Waals surface area contributed by atoms with Crippen LogP contribution in [-0.4, -0.2) is 17.4 Å². The van der Waals surface area contributed by atoms with Crippen molar-refractivity contribution < 1.29 is 4.79 Å². The van der Waals surface area contributed by atoms with Crippen LogP contribution in [-0.2, 0) is 0 Å². The van der Waals surface area contributed by atoms with Crippen LogP contribution in [0.2, 0.25) is 0 Å². The molecule has 4 heteroatoms. The monoisotopic (exact) mass is 222 g/mol. The minimum Gasteiger partial charge on any atom is -0.360 e. The van der Waals surface area contributed by atoms with E-state index in [1.165, 1.54) is 11.3 Å². The third-order valence-electron chi connectivity index (χ3n) is 2.13. The number of carbonyl (C=O) groups is 1. The van der Waals surface area contributed by atoms with Crippen molar-refractivity contribution in [1.82, 2.24) is 10.3 Å². The maximum Gasteiger partial charge on any atom is 0.261 e. The van der Waals surface area contributed by atoms with Gasteiger partial charge in [0.25, 0.3) is 5.91 Å². The number of aromatic nitrogens is 1. The largest absolute Gasteiger partial charge is 0.360 e. The molecule has 0 aliphatic carbocycles. The number of aromatic amines is 1. The number of H-pyrrole nitrogens is 1. The van der Waals surface area contributed by atoms with Gasteiger partial charge in [0.2, 0.25) is 0 Å². The van der Waals surface area contributed by atoms with Crippen molar-refractivity contribution in [3.05, 3.63) is 23.2 Å². The van der Waals surface area contributed by atoms with Crippen molar-refractivity contribution in [2.75, 3.05) is 6.54 Å². The molecule has 0 aliphatic rings. The van der Waals surface area contributed by atoms with Crippen LogP contribution in [0.3, 0.4) is 0 Å². The van der Waals surface area contributed by atoms with Gasteiger partial charge in [-0.05, 0) is 18.1 Å². The smallest absolute Gasteiger partial charge is 0.261 e. The number of rotatable bonds is 3. The number of hydrogen-bond acceptors (Lipinski definition) is 2. The fourth-order valence-electron chi connectivity index (χ4n) is 1.34. The number of carbonyl (C=O) groups excluding carboxylic acids is 1. The van der Waals surface area contributed by atoms with E-state index in [9.17, 15) is 4.79 Å².